The van der Waals surface area contributed by atoms with E-state index in [4.69, 9.17) is 0 Å². The average Bonchev–Trinajstić information content (AvgIpc) is 4.19. The molecule has 3 unspecified atom stereocenters. The molecule has 4 heterocycles. The molecule has 4 aliphatic heterocycles. The molecule has 18 nitrogen and oxygen atoms in total. The minimum Gasteiger partial charge on any atom is -0.352 e. The molecule has 3 aromatic rings. The smallest absolute Gasteiger partial charge is 0.246 e. The zero-order chi connectivity index (χ0) is 55.8. The van der Waals surface area contributed by atoms with Crippen molar-refractivity contribution in [1.29, 1.82) is 0 Å². The molecule has 0 bridgehead atoms. The normalized spacial score (nSPS) is 28.4. The fourth-order valence-electron chi connectivity index (χ4n) is 12.5. The number of hydrogen-bond donors (Lipinski definition) is 8. The Kier molecular flexibility index (Phi) is 17.0. The molecule has 4 saturated heterocycles. The topological polar surface area (TPSA) is 239 Å². The molecule has 0 radical (unpaired) electrons. The number of fused-ring (bicyclic) bond motifs is 4. The number of nitrogens with zero attached hydrogens (tertiary/aromatic N) is 2. The lowest BCUT2D eigenvalue weighted by molar-refractivity contribution is -0.144. The fourth-order valence-corrected chi connectivity index (χ4v) is 15.6. The summed E-state index contributed by atoms with van der Waals surface area (Å²) in [4.78, 5) is 115. The Hall–Kier alpha value is -5.96. The van der Waals surface area contributed by atoms with E-state index in [9.17, 15) is 38.4 Å². The summed E-state index contributed by atoms with van der Waals surface area (Å²) in [7, 11) is 3.37. The molecule has 20 heteroatoms. The first kappa shape index (κ1) is 56.7. The zero-order valence-corrected chi connectivity index (χ0v) is 47.5. The molecule has 0 spiro atoms. The monoisotopic (exact) mass is 1100 g/mol. The van der Waals surface area contributed by atoms with E-state index in [0.29, 0.717) is 50.0 Å². The van der Waals surface area contributed by atoms with Crippen LogP contribution in [0.25, 0.3) is 0 Å². The third-order valence-corrected chi connectivity index (χ3v) is 19.6. The number of amides is 8. The van der Waals surface area contributed by atoms with Gasteiger partial charge in [-0.2, -0.15) is 0 Å². The van der Waals surface area contributed by atoms with Crippen molar-refractivity contribution in [3.05, 3.63) is 106 Å². The minimum absolute atomic E-state index is 0.223. The number of carbonyl (C=O) groups is 8. The van der Waals surface area contributed by atoms with Gasteiger partial charge in [0.2, 0.25) is 47.3 Å². The highest BCUT2D eigenvalue weighted by Gasteiger charge is 2.57. The summed E-state index contributed by atoms with van der Waals surface area (Å²) in [5.41, 5.74) is 4.16. The van der Waals surface area contributed by atoms with E-state index in [2.05, 4.69) is 42.5 Å². The van der Waals surface area contributed by atoms with Gasteiger partial charge in [0.05, 0.1) is 46.8 Å². The van der Waals surface area contributed by atoms with Crippen LogP contribution in [-0.2, 0) is 64.3 Å². The van der Waals surface area contributed by atoms with Crippen molar-refractivity contribution in [1.82, 2.24) is 52.3 Å². The second-order valence-corrected chi connectivity index (χ2v) is 25.9. The van der Waals surface area contributed by atoms with E-state index in [-0.39, 0.29) is 71.1 Å². The highest BCUT2D eigenvalue weighted by atomic mass is 32.2. The molecule has 4 fully saturated rings. The van der Waals surface area contributed by atoms with Gasteiger partial charge in [-0.1, -0.05) is 100 Å². The van der Waals surface area contributed by atoms with Crippen molar-refractivity contribution in [2.75, 3.05) is 25.6 Å². The first-order valence-electron chi connectivity index (χ1n) is 27.4. The van der Waals surface area contributed by atoms with E-state index in [1.54, 1.807) is 61.3 Å². The summed E-state index contributed by atoms with van der Waals surface area (Å²) in [6, 6.07) is 17.6. The highest BCUT2D eigenvalue weighted by molar-refractivity contribution is 8.00. The van der Waals surface area contributed by atoms with Crippen molar-refractivity contribution in [3.63, 3.8) is 0 Å². The number of rotatable bonds is 16. The molecule has 0 saturated carbocycles. The Morgan fingerprint density at radius 1 is 0.551 bits per heavy atom. The quantitative estimate of drug-likeness (QED) is 0.103. The van der Waals surface area contributed by atoms with Crippen molar-refractivity contribution in [3.8, 4) is 0 Å². The first-order chi connectivity index (χ1) is 37.2. The van der Waals surface area contributed by atoms with Gasteiger partial charge in [0, 0.05) is 13.1 Å². The second-order valence-electron chi connectivity index (χ2n) is 23.3. The molecule has 2 aliphatic carbocycles. The minimum atomic E-state index is -0.822. The summed E-state index contributed by atoms with van der Waals surface area (Å²) in [5.74, 6) is -2.14. The van der Waals surface area contributed by atoms with Gasteiger partial charge in [-0.05, 0) is 122 Å². The largest absolute Gasteiger partial charge is 0.352 e. The Bertz CT molecular complexity index is 2630. The average molecular weight is 1110 g/mol. The van der Waals surface area contributed by atoms with Crippen LogP contribution in [0.3, 0.4) is 0 Å². The summed E-state index contributed by atoms with van der Waals surface area (Å²) < 4.78 is 0. The SMILES string of the molecule is CN[C@@H](C)C(=O)NC1CCSC2CC(C)(C)C(C(=O)N[C@H]3c4ccccc4C[C@H]3C(=O)NCc3ccc(CNC(=O)[C@@H]4Cc5ccccc5[C@@H]4NC(=O)[C@H]4N5C(=O)[C@@H](NC(=O)[C@H](C)NC)CCS[C@H]5CC4(C)C)cc3)N2C1=O. The maximum absolute atomic E-state index is 14.7. The van der Waals surface area contributed by atoms with Gasteiger partial charge in [-0.15, -0.1) is 23.5 Å². The van der Waals surface area contributed by atoms with Crippen LogP contribution in [0.5, 0.6) is 0 Å². The van der Waals surface area contributed by atoms with Gasteiger partial charge < -0.3 is 52.3 Å². The number of nitrogens with one attached hydrogen (secondary N) is 8. The number of thioether (sulfide) groups is 2. The molecule has 3 aromatic carbocycles. The molecular weight excluding hydrogens is 1030 g/mol. The third kappa shape index (κ3) is 11.5. The molecule has 0 aromatic heterocycles. The van der Waals surface area contributed by atoms with Gasteiger partial charge in [0.15, 0.2) is 0 Å². The Balaban J connectivity index is 0.823. The molecule has 8 N–H and O–H groups in total. The lowest BCUT2D eigenvalue weighted by atomic mass is 9.83. The van der Waals surface area contributed by atoms with Crippen LogP contribution < -0.4 is 42.5 Å². The van der Waals surface area contributed by atoms with Gasteiger partial charge >= 0.3 is 0 Å². The molecule has 78 heavy (non-hydrogen) atoms. The lowest BCUT2D eigenvalue weighted by Crippen LogP contribution is -2.58. The van der Waals surface area contributed by atoms with Crippen LogP contribution in [0.4, 0.5) is 0 Å². The van der Waals surface area contributed by atoms with Gasteiger partial charge in [0.25, 0.3) is 0 Å². The molecule has 6 aliphatic rings. The van der Waals surface area contributed by atoms with E-state index in [1.165, 1.54) is 0 Å². The molecular formula is C58H76N10O8S2. The van der Waals surface area contributed by atoms with Crippen LogP contribution in [-0.4, -0.2) is 130 Å². The summed E-state index contributed by atoms with van der Waals surface area (Å²) in [5, 5.41) is 23.9. The zero-order valence-electron chi connectivity index (χ0n) is 45.9. The Labute approximate surface area is 466 Å². The van der Waals surface area contributed by atoms with E-state index >= 15 is 0 Å². The van der Waals surface area contributed by atoms with Crippen molar-refractivity contribution in [2.45, 2.75) is 152 Å². The maximum atomic E-state index is 14.7. The number of hydrogen-bond acceptors (Lipinski definition) is 12. The Morgan fingerprint density at radius 3 is 1.29 bits per heavy atom. The van der Waals surface area contributed by atoms with Gasteiger partial charge in [0.1, 0.15) is 24.2 Å². The number of benzene rings is 3. The molecule has 418 valence electrons. The second kappa shape index (κ2) is 23.4. The number of likely N-dealkylation sites (N-methyl/N-ethyl adjacent to an activating group) is 2. The van der Waals surface area contributed by atoms with E-state index < -0.39 is 71.0 Å². The maximum Gasteiger partial charge on any atom is 0.246 e. The van der Waals surface area contributed by atoms with Crippen LogP contribution in [0.15, 0.2) is 72.8 Å². The van der Waals surface area contributed by atoms with Crippen LogP contribution >= 0.6 is 23.5 Å². The fraction of sp³-hybridized carbons (Fsp3) is 0.552. The van der Waals surface area contributed by atoms with Crippen molar-refractivity contribution >= 4 is 70.8 Å². The highest BCUT2D eigenvalue weighted by Crippen LogP contribution is 2.49. The molecule has 9 rings (SSSR count). The van der Waals surface area contributed by atoms with Crippen LogP contribution in [0.1, 0.15) is 113 Å². The predicted octanol–water partition coefficient (Wildman–Crippen LogP) is 3.34. The summed E-state index contributed by atoms with van der Waals surface area (Å²) in [6.07, 6.45) is 2.96. The number of carbonyl (C=O) groups excluding carboxylic acids is 8. The van der Waals surface area contributed by atoms with Crippen LogP contribution in [0.2, 0.25) is 0 Å². The van der Waals surface area contributed by atoms with Crippen molar-refractivity contribution in [2.24, 2.45) is 22.7 Å². The lowest BCUT2D eigenvalue weighted by Gasteiger charge is -2.35. The van der Waals surface area contributed by atoms with E-state index in [1.807, 2.05) is 100 Å². The first-order valence-corrected chi connectivity index (χ1v) is 29.5. The van der Waals surface area contributed by atoms with Crippen LogP contribution in [0, 0.1) is 22.7 Å². The van der Waals surface area contributed by atoms with Gasteiger partial charge in [-0.25, -0.2) is 0 Å². The summed E-state index contributed by atoms with van der Waals surface area (Å²) >= 11 is 3.26. The Morgan fingerprint density at radius 2 is 0.923 bits per heavy atom. The van der Waals surface area contributed by atoms with E-state index in [0.717, 1.165) is 33.4 Å². The van der Waals surface area contributed by atoms with Crippen molar-refractivity contribution < 1.29 is 38.4 Å². The summed E-state index contributed by atoms with van der Waals surface area (Å²) in [6.45, 7) is 11.9. The van der Waals surface area contributed by atoms with Gasteiger partial charge in [-0.3, -0.25) is 38.4 Å². The standard InChI is InChI=1S/C58H76N10O8S2/c1-31(59-7)49(69)63-41-21-23-77-43-27-57(3,4)47(67(43)55(41)75)53(73)65-45-37-15-11-9-13-35(37)25-39(45)51(71)61-29-33-17-19-34(20-18-33)30-62-52(72)40-26-36-14-10-12-16-38(36)46(40)66-54(74)48-58(5,6)28-44-68(48)56(76)42(22-24-78-44)64-50(70)32(2)60-8/h9-20,31-32,39-48,59-60H,21-30H2,1-8H3,(H,61,71)(H,62,72)(H,63,69)(H,64,70)(H,65,73)(H,66,74)/t31-,32-,39+,40+,41-,42?,43-,44?,45-,46-,47+,48?/m0/s1. The third-order valence-electron chi connectivity index (χ3n) is 17.1. The molecule has 8 amide bonds. The predicted molar refractivity (Wildman–Crippen MR) is 300 cm³/mol. The molecule has 12 atom stereocenters.